The van der Waals surface area contributed by atoms with Gasteiger partial charge in [0, 0.05) is 33.0 Å². The van der Waals surface area contributed by atoms with Crippen LogP contribution in [0.15, 0.2) is 163 Å². The van der Waals surface area contributed by atoms with Gasteiger partial charge in [-0.2, -0.15) is 0 Å². The van der Waals surface area contributed by atoms with Crippen LogP contribution in [0.1, 0.15) is 41.7 Å². The van der Waals surface area contributed by atoms with Crippen LogP contribution in [0.5, 0.6) is 0 Å². The Bertz CT molecular complexity index is 2370. The van der Waals surface area contributed by atoms with Gasteiger partial charge in [-0.25, -0.2) is 4.99 Å². The Balaban J connectivity index is 1.25. The fourth-order valence-electron chi connectivity index (χ4n) is 7.25. The molecule has 1 aromatic heterocycles. The lowest BCUT2D eigenvalue weighted by Gasteiger charge is -2.23. The number of hydrogen-bond acceptors (Lipinski definition) is 1. The van der Waals surface area contributed by atoms with Crippen molar-refractivity contribution in [3.63, 3.8) is 0 Å². The molecular formula is C44H35N3. The summed E-state index contributed by atoms with van der Waals surface area (Å²) in [5.74, 6) is 0.451. The highest BCUT2D eigenvalue weighted by Crippen LogP contribution is 2.52. The van der Waals surface area contributed by atoms with Gasteiger partial charge in [-0.05, 0) is 69.8 Å². The Hall–Kier alpha value is -5.93. The van der Waals surface area contributed by atoms with Gasteiger partial charge in [0.15, 0.2) is 0 Å². The van der Waals surface area contributed by atoms with E-state index < -0.39 is 0 Å². The molecule has 0 aliphatic heterocycles. The molecule has 0 atom stereocenters. The SMILES string of the molecule is C=C(/C=C(\N=C(N)c1ccc(-n2c3ccccc3c3ccc4c(c32)C(C)(C)c2ccccc2-4)cc1)c1ccccc1)c1ccccc1. The molecule has 0 unspecified atom stereocenters. The van der Waals surface area contributed by atoms with E-state index in [0.29, 0.717) is 5.84 Å². The molecule has 1 aliphatic carbocycles. The first-order valence-corrected chi connectivity index (χ1v) is 16.0. The number of rotatable bonds is 6. The second-order valence-electron chi connectivity index (χ2n) is 12.7. The Morgan fingerprint density at radius 2 is 1.28 bits per heavy atom. The van der Waals surface area contributed by atoms with Crippen LogP contribution in [-0.2, 0) is 5.41 Å². The summed E-state index contributed by atoms with van der Waals surface area (Å²) in [4.78, 5) is 4.95. The summed E-state index contributed by atoms with van der Waals surface area (Å²) in [6.07, 6.45) is 2.00. The zero-order valence-corrected chi connectivity index (χ0v) is 26.6. The van der Waals surface area contributed by atoms with Gasteiger partial charge in [0.1, 0.15) is 5.84 Å². The summed E-state index contributed by atoms with van der Waals surface area (Å²) in [6, 6.07) is 50.9. The summed E-state index contributed by atoms with van der Waals surface area (Å²) < 4.78 is 2.42. The quantitative estimate of drug-likeness (QED) is 0.114. The van der Waals surface area contributed by atoms with Gasteiger partial charge in [-0.15, -0.1) is 0 Å². The third-order valence-corrected chi connectivity index (χ3v) is 9.54. The standard InChI is InChI=1S/C44H35N3/c1-29(30-14-6-4-7-15-30)28-39(31-16-8-5-9-17-31)46-43(45)32-22-24-33(25-23-32)47-40-21-13-11-19-35(40)37-27-26-36-34-18-10-12-20-38(34)44(2,3)41(36)42(37)47/h4-28H,1H2,2-3H3,(H2,45,46)/b39-28-. The van der Waals surface area contributed by atoms with Crippen LogP contribution < -0.4 is 5.73 Å². The second kappa shape index (κ2) is 11.1. The highest BCUT2D eigenvalue weighted by molar-refractivity contribution is 6.13. The normalized spacial score (nSPS) is 13.9. The molecule has 0 amide bonds. The third-order valence-electron chi connectivity index (χ3n) is 9.54. The van der Waals surface area contributed by atoms with Crippen molar-refractivity contribution in [1.29, 1.82) is 0 Å². The van der Waals surface area contributed by atoms with Crippen LogP contribution in [0, 0.1) is 0 Å². The Morgan fingerprint density at radius 3 is 2.02 bits per heavy atom. The number of allylic oxidation sites excluding steroid dienone is 2. The number of aliphatic imine (C=N–C) groups is 1. The number of nitrogens with two attached hydrogens (primary N) is 1. The molecule has 2 N–H and O–H groups in total. The van der Waals surface area contributed by atoms with Gasteiger partial charge in [-0.3, -0.25) is 0 Å². The largest absolute Gasteiger partial charge is 0.383 e. The maximum Gasteiger partial charge on any atom is 0.131 e. The molecular weight excluding hydrogens is 571 g/mol. The van der Waals surface area contributed by atoms with Crippen LogP contribution in [-0.4, -0.2) is 10.4 Å². The summed E-state index contributed by atoms with van der Waals surface area (Å²) in [5, 5.41) is 2.51. The molecule has 0 fully saturated rings. The first-order chi connectivity index (χ1) is 22.9. The van der Waals surface area contributed by atoms with Gasteiger partial charge in [0.25, 0.3) is 0 Å². The fourth-order valence-corrected chi connectivity index (χ4v) is 7.25. The van der Waals surface area contributed by atoms with E-state index in [1.54, 1.807) is 0 Å². The van der Waals surface area contributed by atoms with Gasteiger partial charge < -0.3 is 10.3 Å². The molecule has 3 nitrogen and oxygen atoms in total. The van der Waals surface area contributed by atoms with Crippen molar-refractivity contribution in [1.82, 2.24) is 4.57 Å². The van der Waals surface area contributed by atoms with Crippen LogP contribution >= 0.6 is 0 Å². The van der Waals surface area contributed by atoms with Gasteiger partial charge in [0.05, 0.1) is 16.7 Å². The lowest BCUT2D eigenvalue weighted by molar-refractivity contribution is 0.664. The summed E-state index contributed by atoms with van der Waals surface area (Å²) in [6.45, 7) is 9.02. The minimum atomic E-state index is -0.140. The van der Waals surface area contributed by atoms with E-state index in [1.165, 1.54) is 44.1 Å². The average Bonchev–Trinajstić information content (AvgIpc) is 3.57. The number of hydrogen-bond donors (Lipinski definition) is 1. The third kappa shape index (κ3) is 4.71. The number of fused-ring (bicyclic) bond motifs is 7. The number of amidine groups is 1. The number of nitrogens with zero attached hydrogens (tertiary/aromatic N) is 2. The molecule has 6 aromatic carbocycles. The summed E-state index contributed by atoms with van der Waals surface area (Å²) >= 11 is 0. The molecule has 226 valence electrons. The van der Waals surface area contributed by atoms with E-state index in [2.05, 4.69) is 122 Å². The smallest absolute Gasteiger partial charge is 0.131 e. The first kappa shape index (κ1) is 28.5. The number of benzene rings is 6. The average molecular weight is 606 g/mol. The summed E-state index contributed by atoms with van der Waals surface area (Å²) in [7, 11) is 0. The van der Waals surface area contributed by atoms with E-state index in [9.17, 15) is 0 Å². The minimum Gasteiger partial charge on any atom is -0.383 e. The topological polar surface area (TPSA) is 43.3 Å². The van der Waals surface area contributed by atoms with E-state index in [4.69, 9.17) is 10.7 Å². The van der Waals surface area contributed by atoms with Crippen molar-refractivity contribution >= 4 is 38.9 Å². The first-order valence-electron chi connectivity index (χ1n) is 16.0. The molecule has 0 saturated carbocycles. The molecule has 0 radical (unpaired) electrons. The highest BCUT2D eigenvalue weighted by Gasteiger charge is 2.38. The maximum atomic E-state index is 6.73. The molecule has 47 heavy (non-hydrogen) atoms. The van der Waals surface area contributed by atoms with Crippen molar-refractivity contribution in [3.05, 3.63) is 186 Å². The fraction of sp³-hybridized carbons (Fsp3) is 0.0682. The monoisotopic (exact) mass is 605 g/mol. The molecule has 1 heterocycles. The lowest BCUT2D eigenvalue weighted by atomic mass is 9.81. The van der Waals surface area contributed by atoms with E-state index in [0.717, 1.165) is 33.6 Å². The molecule has 0 saturated heterocycles. The highest BCUT2D eigenvalue weighted by atomic mass is 15.0. The number of aromatic nitrogens is 1. The second-order valence-corrected chi connectivity index (χ2v) is 12.7. The Kier molecular flexibility index (Phi) is 6.77. The van der Waals surface area contributed by atoms with Gasteiger partial charge >= 0.3 is 0 Å². The van der Waals surface area contributed by atoms with Crippen LogP contribution in [0.4, 0.5) is 0 Å². The minimum absolute atomic E-state index is 0.140. The van der Waals surface area contributed by atoms with Crippen molar-refractivity contribution in [2.24, 2.45) is 10.7 Å². The van der Waals surface area contributed by atoms with Crippen molar-refractivity contribution in [3.8, 4) is 16.8 Å². The van der Waals surface area contributed by atoms with Crippen LogP contribution in [0.3, 0.4) is 0 Å². The van der Waals surface area contributed by atoms with Crippen LogP contribution in [0.2, 0.25) is 0 Å². The predicted molar refractivity (Wildman–Crippen MR) is 199 cm³/mol. The predicted octanol–water partition coefficient (Wildman–Crippen LogP) is 10.5. The molecule has 1 aliphatic rings. The molecule has 3 heteroatoms. The summed E-state index contributed by atoms with van der Waals surface area (Å²) in [5.41, 5.74) is 20.0. The zero-order valence-electron chi connectivity index (χ0n) is 26.6. The van der Waals surface area contributed by atoms with Gasteiger partial charge in [0.2, 0.25) is 0 Å². The lowest BCUT2D eigenvalue weighted by Crippen LogP contribution is -2.16. The Labute approximate surface area is 275 Å². The van der Waals surface area contributed by atoms with Crippen molar-refractivity contribution in [2.75, 3.05) is 0 Å². The number of para-hydroxylation sites is 1. The van der Waals surface area contributed by atoms with E-state index >= 15 is 0 Å². The Morgan fingerprint density at radius 1 is 0.638 bits per heavy atom. The van der Waals surface area contributed by atoms with Crippen molar-refractivity contribution in [2.45, 2.75) is 19.3 Å². The maximum absolute atomic E-state index is 6.73. The molecule has 0 bridgehead atoms. The van der Waals surface area contributed by atoms with Crippen LogP contribution in [0.25, 0.3) is 49.9 Å². The molecule has 0 spiro atoms. The van der Waals surface area contributed by atoms with Crippen molar-refractivity contribution < 1.29 is 0 Å². The van der Waals surface area contributed by atoms with E-state index in [1.807, 2.05) is 54.6 Å². The van der Waals surface area contributed by atoms with E-state index in [-0.39, 0.29) is 5.41 Å². The van der Waals surface area contributed by atoms with Gasteiger partial charge in [-0.1, -0.05) is 136 Å². The molecule has 8 rings (SSSR count). The molecule has 7 aromatic rings. The zero-order chi connectivity index (χ0) is 32.1.